The molecule has 1 amide bonds. The molecule has 2 rings (SSSR count). The minimum atomic E-state index is -3.55. The summed E-state index contributed by atoms with van der Waals surface area (Å²) in [6.45, 7) is 0. The predicted octanol–water partition coefficient (Wildman–Crippen LogP) is -0.265. The molecule has 0 saturated carbocycles. The quantitative estimate of drug-likeness (QED) is 0.671. The van der Waals surface area contributed by atoms with Crippen molar-refractivity contribution in [3.8, 4) is 0 Å². The molecule has 1 aromatic carbocycles. The third kappa shape index (κ3) is 2.02. The van der Waals surface area contributed by atoms with Crippen LogP contribution in [0.3, 0.4) is 0 Å². The maximum Gasteiger partial charge on any atom is 0.266 e. The van der Waals surface area contributed by atoms with Gasteiger partial charge in [-0.25, -0.2) is 13.1 Å². The normalized spacial score (nSPS) is 15.9. The van der Waals surface area contributed by atoms with E-state index in [9.17, 15) is 13.2 Å². The fraction of sp³-hybridized carbons (Fsp3) is 0. The van der Waals surface area contributed by atoms with Gasteiger partial charge in [-0.15, -0.1) is 0 Å². The molecule has 2 radical (unpaired) electrons. The molecule has 0 bridgehead atoms. The molecule has 4 nitrogen and oxygen atoms in total. The molecule has 1 aromatic rings. The number of benzene rings is 1. The zero-order valence-corrected chi connectivity index (χ0v) is 10.6. The molecular formula is C7H5CrNO3SSe. The second-order valence-electron chi connectivity index (χ2n) is 2.43. The van der Waals surface area contributed by atoms with Gasteiger partial charge in [0.15, 0.2) is 0 Å². The van der Waals surface area contributed by atoms with Gasteiger partial charge in [-0.3, -0.25) is 4.79 Å². The average molecular weight is 314 g/mol. The third-order valence-electron chi connectivity index (χ3n) is 1.65. The molecule has 0 saturated heterocycles. The van der Waals surface area contributed by atoms with Gasteiger partial charge in [0, 0.05) is 34.4 Å². The summed E-state index contributed by atoms with van der Waals surface area (Å²) in [4.78, 5) is 11.1. The van der Waals surface area contributed by atoms with Crippen molar-refractivity contribution in [2.24, 2.45) is 0 Å². The van der Waals surface area contributed by atoms with E-state index in [-0.39, 0.29) is 44.9 Å². The van der Waals surface area contributed by atoms with Crippen LogP contribution in [0.15, 0.2) is 29.2 Å². The van der Waals surface area contributed by atoms with Crippen molar-refractivity contribution in [2.75, 3.05) is 0 Å². The van der Waals surface area contributed by atoms with Gasteiger partial charge in [0.05, 0.1) is 5.56 Å². The van der Waals surface area contributed by atoms with Crippen molar-refractivity contribution in [1.82, 2.24) is 4.72 Å². The Morgan fingerprint density at radius 1 is 1.14 bits per heavy atom. The minimum Gasteiger partial charge on any atom is -0.268 e. The number of carbonyl (C=O) groups is 1. The Bertz CT molecular complexity index is 460. The van der Waals surface area contributed by atoms with E-state index in [1.54, 1.807) is 12.1 Å². The topological polar surface area (TPSA) is 63.2 Å². The van der Waals surface area contributed by atoms with Crippen LogP contribution in [0.4, 0.5) is 0 Å². The van der Waals surface area contributed by atoms with Crippen LogP contribution in [0.25, 0.3) is 0 Å². The number of carbonyl (C=O) groups excluding carboxylic acids is 1. The van der Waals surface area contributed by atoms with E-state index in [1.807, 2.05) is 4.72 Å². The van der Waals surface area contributed by atoms with Crippen LogP contribution >= 0.6 is 0 Å². The van der Waals surface area contributed by atoms with Gasteiger partial charge in [-0.1, -0.05) is 12.1 Å². The molecule has 1 heterocycles. The summed E-state index contributed by atoms with van der Waals surface area (Å²) in [5, 5.41) is 0. The van der Waals surface area contributed by atoms with E-state index in [1.165, 1.54) is 12.1 Å². The third-order valence-corrected chi connectivity index (χ3v) is 3.04. The first kappa shape index (κ1) is 13.7. The van der Waals surface area contributed by atoms with Gasteiger partial charge >= 0.3 is 0 Å². The molecule has 0 aliphatic carbocycles. The van der Waals surface area contributed by atoms with Gasteiger partial charge < -0.3 is 0 Å². The second kappa shape index (κ2) is 4.47. The Hall–Kier alpha value is -0.308. The number of nitrogens with one attached hydrogen (secondary N) is 1. The summed E-state index contributed by atoms with van der Waals surface area (Å²) in [6.07, 6.45) is 0. The minimum absolute atomic E-state index is 0. The zero-order chi connectivity index (χ0) is 8.77. The maximum absolute atomic E-state index is 11.1. The summed E-state index contributed by atoms with van der Waals surface area (Å²) in [5.74, 6) is -0.550. The first-order valence-electron chi connectivity index (χ1n) is 3.27. The van der Waals surface area contributed by atoms with Gasteiger partial charge in [0.1, 0.15) is 4.90 Å². The number of sulfonamides is 1. The van der Waals surface area contributed by atoms with E-state index in [0.717, 1.165) is 0 Å². The Kier molecular flexibility index (Phi) is 4.38. The van der Waals surface area contributed by atoms with Crippen molar-refractivity contribution in [1.29, 1.82) is 0 Å². The van der Waals surface area contributed by atoms with Crippen molar-refractivity contribution in [3.05, 3.63) is 29.8 Å². The fourth-order valence-electron chi connectivity index (χ4n) is 1.12. The van der Waals surface area contributed by atoms with Crippen LogP contribution in [0, 0.1) is 0 Å². The monoisotopic (exact) mass is 315 g/mol. The standard InChI is InChI=1S/C7H5NO3S.Cr.Se/c9-7-5-3-1-2-4-6(5)12(10,11)8-7;;/h1-4H,(H,8,9);;. The molecule has 14 heavy (non-hydrogen) atoms. The van der Waals surface area contributed by atoms with E-state index in [4.69, 9.17) is 0 Å². The number of hydrogen-bond acceptors (Lipinski definition) is 3. The molecule has 1 aliphatic rings. The second-order valence-corrected chi connectivity index (χ2v) is 4.08. The van der Waals surface area contributed by atoms with Crippen molar-refractivity contribution < 1.29 is 30.6 Å². The molecular weight excluding hydrogens is 309 g/mol. The molecule has 0 spiro atoms. The van der Waals surface area contributed by atoms with E-state index >= 15 is 0 Å². The van der Waals surface area contributed by atoms with E-state index in [2.05, 4.69) is 0 Å². The van der Waals surface area contributed by atoms with Crippen LogP contribution < -0.4 is 4.72 Å². The number of hydrogen-bond donors (Lipinski definition) is 1. The van der Waals surface area contributed by atoms with E-state index in [0.29, 0.717) is 0 Å². The summed E-state index contributed by atoms with van der Waals surface area (Å²) in [7, 11) is -3.55. The Morgan fingerprint density at radius 2 is 1.71 bits per heavy atom. The number of rotatable bonds is 0. The van der Waals surface area contributed by atoms with Crippen LogP contribution in [0.1, 0.15) is 10.4 Å². The molecule has 1 N–H and O–H groups in total. The molecule has 1 aliphatic heterocycles. The van der Waals surface area contributed by atoms with Crippen LogP contribution in [-0.4, -0.2) is 31.4 Å². The Morgan fingerprint density at radius 3 is 2.29 bits per heavy atom. The van der Waals surface area contributed by atoms with Crippen molar-refractivity contribution in [3.63, 3.8) is 0 Å². The van der Waals surface area contributed by atoms with Gasteiger partial charge in [0.2, 0.25) is 0 Å². The van der Waals surface area contributed by atoms with Gasteiger partial charge in [0.25, 0.3) is 15.9 Å². The smallest absolute Gasteiger partial charge is 0.266 e. The molecule has 0 fully saturated rings. The number of amides is 1. The maximum atomic E-state index is 11.1. The van der Waals surface area contributed by atoms with Crippen LogP contribution in [0.2, 0.25) is 0 Å². The summed E-state index contributed by atoms with van der Waals surface area (Å²) in [6, 6.07) is 6.09. The fourth-order valence-corrected chi connectivity index (χ4v) is 2.29. The molecule has 0 unspecified atom stereocenters. The SMILES string of the molecule is O=C1NS(=O)(=O)c2ccccc21.[Cr].[Se]. The summed E-state index contributed by atoms with van der Waals surface area (Å²) >= 11 is 0. The van der Waals surface area contributed by atoms with E-state index < -0.39 is 15.9 Å². The average Bonchev–Trinajstić information content (AvgIpc) is 2.25. The first-order valence-corrected chi connectivity index (χ1v) is 4.76. The molecule has 0 atom stereocenters. The van der Waals surface area contributed by atoms with Crippen molar-refractivity contribution >= 4 is 33.0 Å². The Balaban J connectivity index is 0.000000845. The molecule has 74 valence electrons. The molecule has 0 aromatic heterocycles. The van der Waals surface area contributed by atoms with Crippen LogP contribution in [0.5, 0.6) is 0 Å². The summed E-state index contributed by atoms with van der Waals surface area (Å²) < 4.78 is 24.2. The Labute approximate surface area is 103 Å². The summed E-state index contributed by atoms with van der Waals surface area (Å²) in [5.41, 5.74) is 0.220. The first-order chi connectivity index (χ1) is 5.61. The number of fused-ring (bicyclic) bond motifs is 1. The molecule has 7 heteroatoms. The van der Waals surface area contributed by atoms with Gasteiger partial charge in [-0.05, 0) is 12.1 Å². The van der Waals surface area contributed by atoms with Gasteiger partial charge in [-0.2, -0.15) is 0 Å². The predicted molar refractivity (Wildman–Crippen MR) is 46.8 cm³/mol. The largest absolute Gasteiger partial charge is 0.268 e. The van der Waals surface area contributed by atoms with Crippen molar-refractivity contribution in [2.45, 2.75) is 4.90 Å². The van der Waals surface area contributed by atoms with Crippen LogP contribution in [-0.2, 0) is 27.4 Å². The zero-order valence-electron chi connectivity index (χ0n) is 6.76.